The molecule has 4 N–H and O–H groups in total. The lowest BCUT2D eigenvalue weighted by atomic mass is 10.1. The Morgan fingerprint density at radius 2 is 1.74 bits per heavy atom. The number of alkyl halides is 3. The molecule has 1 aliphatic rings. The lowest BCUT2D eigenvalue weighted by Crippen LogP contribution is -2.36. The Kier molecular flexibility index (Phi) is 8.24. The van der Waals surface area contributed by atoms with Gasteiger partial charge in [-0.2, -0.15) is 13.2 Å². The van der Waals surface area contributed by atoms with E-state index in [9.17, 15) is 22.8 Å². The molecule has 0 saturated heterocycles. The summed E-state index contributed by atoms with van der Waals surface area (Å²) in [5, 5.41) is 15.5. The van der Waals surface area contributed by atoms with Crippen molar-refractivity contribution in [3.05, 3.63) is 108 Å². The third-order valence-electron chi connectivity index (χ3n) is 5.39. The van der Waals surface area contributed by atoms with Gasteiger partial charge in [0.05, 0.1) is 30.2 Å². The molecule has 0 bridgehead atoms. The maximum absolute atomic E-state index is 13.6. The van der Waals surface area contributed by atoms with Crippen LogP contribution in [-0.4, -0.2) is 52.5 Å². The summed E-state index contributed by atoms with van der Waals surface area (Å²) in [4.78, 5) is 37.1. The SMILES string of the molecule is N=C(/C=C(\Nc1ccc(NC(=O)c2cccc(C(=O)NC3C=CC=NC3)c2)nc1)C(F)(F)F)c1cccnc1. The van der Waals surface area contributed by atoms with Gasteiger partial charge in [-0.05, 0) is 54.6 Å². The van der Waals surface area contributed by atoms with Gasteiger partial charge in [0.1, 0.15) is 11.5 Å². The van der Waals surface area contributed by atoms with Crippen LogP contribution in [0.3, 0.4) is 0 Å². The Bertz CT molecular complexity index is 1450. The zero-order chi connectivity index (χ0) is 27.8. The van der Waals surface area contributed by atoms with E-state index in [-0.39, 0.29) is 45.9 Å². The normalized spacial score (nSPS) is 14.9. The summed E-state index contributed by atoms with van der Waals surface area (Å²) in [6.45, 7) is 0.423. The average Bonchev–Trinajstić information content (AvgIpc) is 2.94. The molecule has 2 amide bonds. The molecular weight excluding hydrogens is 511 g/mol. The summed E-state index contributed by atoms with van der Waals surface area (Å²) >= 11 is 0. The molecule has 0 fully saturated rings. The number of allylic oxidation sites excluding steroid dienone is 3. The number of carbonyl (C=O) groups is 2. The van der Waals surface area contributed by atoms with Crippen LogP contribution in [0.5, 0.6) is 0 Å². The number of nitrogens with one attached hydrogen (secondary N) is 4. The summed E-state index contributed by atoms with van der Waals surface area (Å²) < 4.78 is 40.8. The van der Waals surface area contributed by atoms with E-state index >= 15 is 0 Å². The zero-order valence-corrected chi connectivity index (χ0v) is 20.2. The van der Waals surface area contributed by atoms with Crippen molar-refractivity contribution in [3.8, 4) is 0 Å². The molecule has 1 aliphatic heterocycles. The summed E-state index contributed by atoms with van der Waals surface area (Å²) in [5.41, 5.74) is -0.851. The number of benzene rings is 1. The van der Waals surface area contributed by atoms with Gasteiger partial charge in [0.2, 0.25) is 0 Å². The number of hydrogen-bond donors (Lipinski definition) is 4. The highest BCUT2D eigenvalue weighted by molar-refractivity contribution is 6.07. The Morgan fingerprint density at radius 1 is 0.974 bits per heavy atom. The van der Waals surface area contributed by atoms with Crippen LogP contribution < -0.4 is 16.0 Å². The van der Waals surface area contributed by atoms with E-state index in [4.69, 9.17) is 5.41 Å². The van der Waals surface area contributed by atoms with Gasteiger partial charge in [-0.25, -0.2) is 4.98 Å². The van der Waals surface area contributed by atoms with Gasteiger partial charge in [-0.3, -0.25) is 19.6 Å². The Hall–Kier alpha value is -5.13. The van der Waals surface area contributed by atoms with Crippen LogP contribution in [0.2, 0.25) is 0 Å². The van der Waals surface area contributed by atoms with Crippen molar-refractivity contribution < 1.29 is 22.8 Å². The second kappa shape index (κ2) is 11.9. The molecule has 0 saturated carbocycles. The molecule has 1 atom stereocenters. The fourth-order valence-corrected chi connectivity index (χ4v) is 3.45. The first-order chi connectivity index (χ1) is 18.7. The predicted octanol–water partition coefficient (Wildman–Crippen LogP) is 4.39. The summed E-state index contributed by atoms with van der Waals surface area (Å²) in [6.07, 6.45) is 4.95. The van der Waals surface area contributed by atoms with Gasteiger partial charge in [-0.1, -0.05) is 12.1 Å². The molecule has 198 valence electrons. The minimum Gasteiger partial charge on any atom is -0.350 e. The van der Waals surface area contributed by atoms with E-state index < -0.39 is 17.8 Å². The average molecular weight is 534 g/mol. The number of aliphatic imine (C=N–C) groups is 1. The van der Waals surface area contributed by atoms with Crippen LogP contribution in [0.4, 0.5) is 24.7 Å². The maximum Gasteiger partial charge on any atom is 0.431 e. The quantitative estimate of drug-likeness (QED) is 0.319. The van der Waals surface area contributed by atoms with Gasteiger partial charge >= 0.3 is 6.18 Å². The summed E-state index contributed by atoms with van der Waals surface area (Å²) in [5.74, 6) is -0.831. The summed E-state index contributed by atoms with van der Waals surface area (Å²) in [6, 6.07) is 11.5. The highest BCUT2D eigenvalue weighted by Gasteiger charge is 2.34. The molecule has 39 heavy (non-hydrogen) atoms. The van der Waals surface area contributed by atoms with Gasteiger partial charge < -0.3 is 21.4 Å². The third kappa shape index (κ3) is 7.44. The van der Waals surface area contributed by atoms with Crippen LogP contribution >= 0.6 is 0 Å². The molecule has 0 radical (unpaired) electrons. The Morgan fingerprint density at radius 3 is 2.38 bits per heavy atom. The number of nitrogens with zero attached hydrogens (tertiary/aromatic N) is 3. The molecule has 0 spiro atoms. The van der Waals surface area contributed by atoms with Crippen LogP contribution in [-0.2, 0) is 0 Å². The number of aromatic nitrogens is 2. The molecule has 1 aromatic carbocycles. The van der Waals surface area contributed by atoms with Crippen molar-refractivity contribution in [2.75, 3.05) is 17.2 Å². The highest BCUT2D eigenvalue weighted by atomic mass is 19.4. The van der Waals surface area contributed by atoms with Crippen LogP contribution in [0.1, 0.15) is 26.3 Å². The largest absolute Gasteiger partial charge is 0.431 e. The zero-order valence-electron chi connectivity index (χ0n) is 20.2. The first-order valence-corrected chi connectivity index (χ1v) is 11.6. The molecule has 12 heteroatoms. The number of hydrogen-bond acceptors (Lipinski definition) is 7. The molecular formula is C27H22F3N7O2. The number of dihydropyridines is 1. The van der Waals surface area contributed by atoms with Crippen molar-refractivity contribution in [3.63, 3.8) is 0 Å². The number of rotatable bonds is 8. The lowest BCUT2D eigenvalue weighted by molar-refractivity contribution is -0.0901. The van der Waals surface area contributed by atoms with Gasteiger partial charge in [0, 0.05) is 35.3 Å². The number of anilines is 2. The van der Waals surface area contributed by atoms with E-state index in [0.717, 1.165) is 6.20 Å². The molecule has 3 aromatic rings. The topological polar surface area (TPSA) is 132 Å². The molecule has 4 rings (SSSR count). The van der Waals surface area contributed by atoms with E-state index in [1.807, 2.05) is 6.08 Å². The van der Waals surface area contributed by atoms with Crippen LogP contribution in [0.25, 0.3) is 0 Å². The van der Waals surface area contributed by atoms with Crippen molar-refractivity contribution in [2.24, 2.45) is 4.99 Å². The van der Waals surface area contributed by atoms with E-state index in [2.05, 4.69) is 30.9 Å². The smallest absolute Gasteiger partial charge is 0.350 e. The first-order valence-electron chi connectivity index (χ1n) is 11.6. The minimum atomic E-state index is -4.76. The first kappa shape index (κ1) is 26.9. The second-order valence-electron chi connectivity index (χ2n) is 8.28. The van der Waals surface area contributed by atoms with Crippen molar-refractivity contribution in [1.82, 2.24) is 15.3 Å². The van der Waals surface area contributed by atoms with Gasteiger partial charge in [0.15, 0.2) is 0 Å². The number of halogens is 3. The van der Waals surface area contributed by atoms with Crippen molar-refractivity contribution in [1.29, 1.82) is 5.41 Å². The summed E-state index contributed by atoms with van der Waals surface area (Å²) in [7, 11) is 0. The predicted molar refractivity (Wildman–Crippen MR) is 141 cm³/mol. The molecule has 3 heterocycles. The fourth-order valence-electron chi connectivity index (χ4n) is 3.45. The number of carbonyl (C=O) groups excluding carboxylic acids is 2. The number of amides is 2. The number of pyridine rings is 2. The Balaban J connectivity index is 1.41. The molecule has 0 aliphatic carbocycles. The maximum atomic E-state index is 13.6. The monoisotopic (exact) mass is 533 g/mol. The minimum absolute atomic E-state index is 0.00433. The Labute approximate surface area is 221 Å². The third-order valence-corrected chi connectivity index (χ3v) is 5.39. The van der Waals surface area contributed by atoms with Crippen LogP contribution in [0.15, 0.2) is 96.0 Å². The second-order valence-corrected chi connectivity index (χ2v) is 8.28. The standard InChI is InChI=1S/C27H22F3N7O2/c28-27(29,30)23(13-22(31)19-6-2-10-32-14-19)35-21-8-9-24(34-16-21)37-26(39)18-5-1-4-17(12-18)25(38)36-20-7-3-11-33-15-20/h1-14,16,20,31,35H,15H2,(H,36,38)(H,34,37,39)/b23-13-,31-22?. The lowest BCUT2D eigenvalue weighted by Gasteiger charge is -2.15. The van der Waals surface area contributed by atoms with Crippen molar-refractivity contribution >= 4 is 35.2 Å². The van der Waals surface area contributed by atoms with E-state index in [1.165, 1.54) is 48.8 Å². The van der Waals surface area contributed by atoms with Crippen LogP contribution in [0, 0.1) is 5.41 Å². The molecule has 1 unspecified atom stereocenters. The van der Waals surface area contributed by atoms with Crippen molar-refractivity contribution in [2.45, 2.75) is 12.2 Å². The van der Waals surface area contributed by atoms with Gasteiger partial charge in [-0.15, -0.1) is 0 Å². The fraction of sp³-hybridized carbons (Fsp3) is 0.111. The van der Waals surface area contributed by atoms with E-state index in [1.54, 1.807) is 24.4 Å². The highest BCUT2D eigenvalue weighted by Crippen LogP contribution is 2.27. The molecule has 2 aromatic heterocycles. The van der Waals surface area contributed by atoms with E-state index in [0.29, 0.717) is 12.6 Å². The molecule has 9 nitrogen and oxygen atoms in total. The van der Waals surface area contributed by atoms with Gasteiger partial charge in [0.25, 0.3) is 11.8 Å².